The van der Waals surface area contributed by atoms with E-state index in [9.17, 15) is 4.79 Å². The molecule has 0 bridgehead atoms. The van der Waals surface area contributed by atoms with Crippen LogP contribution < -0.4 is 18.9 Å². The van der Waals surface area contributed by atoms with Crippen molar-refractivity contribution in [3.05, 3.63) is 41.5 Å². The summed E-state index contributed by atoms with van der Waals surface area (Å²) in [7, 11) is 0. The molecule has 0 spiro atoms. The number of rotatable bonds is 4. The molecule has 0 fully saturated rings. The average molecular weight is 269 g/mol. The molecule has 1 aromatic carbocycles. The maximum Gasteiger partial charge on any atom is 1.00 e. The van der Waals surface area contributed by atoms with E-state index < -0.39 is 0 Å². The summed E-state index contributed by atoms with van der Waals surface area (Å²) in [5.41, 5.74) is 2.08. The van der Waals surface area contributed by atoms with Gasteiger partial charge in [0.15, 0.2) is 0 Å². The van der Waals surface area contributed by atoms with Crippen LogP contribution in [-0.4, -0.2) is 23.1 Å². The third-order valence-electron chi connectivity index (χ3n) is 3.09. The Balaban J connectivity index is 0.00000361. The van der Waals surface area contributed by atoms with E-state index in [1.165, 1.54) is 0 Å². The molecule has 4 heteroatoms. The number of benzene rings is 1. The van der Waals surface area contributed by atoms with Crippen LogP contribution in [0, 0.1) is 13.0 Å². The van der Waals surface area contributed by atoms with Gasteiger partial charge in [-0.15, -0.1) is 23.3 Å². The van der Waals surface area contributed by atoms with Crippen molar-refractivity contribution < 1.29 is 28.4 Å². The van der Waals surface area contributed by atoms with Gasteiger partial charge in [-0.05, 0) is 27.7 Å². The second-order valence-electron chi connectivity index (χ2n) is 5.33. The maximum atomic E-state index is 12.2. The van der Waals surface area contributed by atoms with Gasteiger partial charge in [-0.3, -0.25) is 0 Å². The third kappa shape index (κ3) is 4.81. The van der Waals surface area contributed by atoms with Crippen LogP contribution >= 0.6 is 0 Å². The van der Waals surface area contributed by atoms with Crippen molar-refractivity contribution in [2.75, 3.05) is 0 Å². The van der Waals surface area contributed by atoms with Gasteiger partial charge in [0.2, 0.25) is 0 Å². The Morgan fingerprint density at radius 2 is 1.65 bits per heavy atom. The maximum absolute atomic E-state index is 12.2. The van der Waals surface area contributed by atoms with Crippen molar-refractivity contribution in [3.63, 3.8) is 0 Å². The molecule has 0 atom stereocenters. The summed E-state index contributed by atoms with van der Waals surface area (Å²) in [6, 6.07) is 8.14. The number of hydrogen-bond acceptors (Lipinski definition) is 2. The molecule has 0 saturated heterocycles. The second-order valence-corrected chi connectivity index (χ2v) is 5.33. The van der Waals surface area contributed by atoms with Gasteiger partial charge in [-0.1, -0.05) is 19.9 Å². The minimum absolute atomic E-state index is 0. The fraction of sp³-hybridized carbons (Fsp3) is 0.500. The van der Waals surface area contributed by atoms with Gasteiger partial charge in [-0.2, -0.15) is 6.07 Å². The first kappa shape index (κ1) is 19.0. The molecule has 0 heterocycles. The normalized spacial score (nSPS) is 10.2. The summed E-state index contributed by atoms with van der Waals surface area (Å²) in [4.78, 5) is 13.9. The molecule has 20 heavy (non-hydrogen) atoms. The Morgan fingerprint density at radius 3 is 2.10 bits per heavy atom. The molecule has 0 aliphatic heterocycles. The molecular weight excluding hydrogens is 245 g/mol. The Bertz CT molecular complexity index is 424. The van der Waals surface area contributed by atoms with Crippen molar-refractivity contribution in [1.82, 2.24) is 4.90 Å². The summed E-state index contributed by atoms with van der Waals surface area (Å²) in [5.74, 6) is 0. The Labute approximate surface area is 134 Å². The van der Waals surface area contributed by atoms with Crippen molar-refractivity contribution in [3.8, 4) is 0 Å². The van der Waals surface area contributed by atoms with Crippen molar-refractivity contribution >= 4 is 6.09 Å². The standard InChI is InChI=1S/C16H24NO2.Li/c1-11(2)17(12(3)4)16(18)19-14(6)15-10-8-7-9-13(15)5;/h7-12H,1-6H3;/q-1;+1. The van der Waals surface area contributed by atoms with Crippen LogP contribution in [0.1, 0.15) is 45.7 Å². The van der Waals surface area contributed by atoms with Crippen LogP contribution in [0.2, 0.25) is 0 Å². The van der Waals surface area contributed by atoms with E-state index in [1.807, 2.05) is 65.8 Å². The smallest absolute Gasteiger partial charge is 0.478 e. The molecule has 1 aromatic rings. The summed E-state index contributed by atoms with van der Waals surface area (Å²) in [6.45, 7) is 11.8. The molecule has 1 rings (SSSR count). The van der Waals surface area contributed by atoms with E-state index >= 15 is 0 Å². The monoisotopic (exact) mass is 269 g/mol. The van der Waals surface area contributed by atoms with E-state index in [4.69, 9.17) is 4.74 Å². The molecular formula is C16H24LiNO2. The zero-order chi connectivity index (χ0) is 14.6. The van der Waals surface area contributed by atoms with E-state index in [2.05, 4.69) is 0 Å². The van der Waals surface area contributed by atoms with Gasteiger partial charge < -0.3 is 9.64 Å². The molecule has 0 unspecified atom stereocenters. The molecule has 0 aliphatic rings. The van der Waals surface area contributed by atoms with E-state index in [0.717, 1.165) is 11.1 Å². The van der Waals surface area contributed by atoms with Gasteiger partial charge in [0.25, 0.3) is 0 Å². The summed E-state index contributed by atoms with van der Waals surface area (Å²) in [5, 5.41) is 0. The second kappa shape index (κ2) is 8.29. The van der Waals surface area contributed by atoms with Crippen molar-refractivity contribution in [2.24, 2.45) is 0 Å². The molecule has 0 saturated carbocycles. The number of ether oxygens (including phenoxy) is 1. The summed E-state index contributed by atoms with van der Waals surface area (Å²) >= 11 is 0. The third-order valence-corrected chi connectivity index (χ3v) is 3.09. The number of aryl methyl sites for hydroxylation is 1. The van der Waals surface area contributed by atoms with Gasteiger partial charge in [0.1, 0.15) is 0 Å². The Morgan fingerprint density at radius 1 is 1.15 bits per heavy atom. The van der Waals surface area contributed by atoms with Gasteiger partial charge in [-0.25, -0.2) is 4.79 Å². The fourth-order valence-corrected chi connectivity index (χ4v) is 2.22. The molecule has 0 N–H and O–H groups in total. The van der Waals surface area contributed by atoms with Crippen LogP contribution in [0.3, 0.4) is 0 Å². The Kier molecular flexibility index (Phi) is 7.86. The van der Waals surface area contributed by atoms with Crippen LogP contribution in [0.15, 0.2) is 24.3 Å². The van der Waals surface area contributed by atoms with Gasteiger partial charge in [0, 0.05) is 18.2 Å². The first-order valence-corrected chi connectivity index (χ1v) is 6.74. The molecule has 0 aliphatic carbocycles. The largest absolute Gasteiger partial charge is 1.00 e. The number of hydrogen-bond donors (Lipinski definition) is 0. The van der Waals surface area contributed by atoms with E-state index in [1.54, 1.807) is 4.90 Å². The zero-order valence-corrected chi connectivity index (χ0v) is 13.7. The minimum atomic E-state index is -0.286. The van der Waals surface area contributed by atoms with Gasteiger partial charge >= 0.3 is 25.0 Å². The van der Waals surface area contributed by atoms with Gasteiger partial charge in [0.05, 0.1) is 0 Å². The van der Waals surface area contributed by atoms with Crippen molar-refractivity contribution in [1.29, 1.82) is 0 Å². The molecule has 0 aromatic heterocycles. The number of carbonyl (C=O) groups is 1. The molecule has 0 radical (unpaired) electrons. The van der Waals surface area contributed by atoms with Crippen LogP contribution in [0.5, 0.6) is 0 Å². The summed E-state index contributed by atoms with van der Waals surface area (Å²) in [6.07, 6.45) is 0.361. The SMILES string of the molecule is Cc1ccccc1[C-](C)OC(=O)N(C(C)C)C(C)C.[Li+]. The zero-order valence-electron chi connectivity index (χ0n) is 13.7. The topological polar surface area (TPSA) is 29.5 Å². The molecule has 3 nitrogen and oxygen atoms in total. The Hall–Kier alpha value is -1.04. The number of nitrogens with zero attached hydrogens (tertiary/aromatic N) is 1. The number of carbonyl (C=O) groups excluding carboxylic acids is 1. The van der Waals surface area contributed by atoms with E-state index in [-0.39, 0.29) is 37.0 Å². The molecule has 106 valence electrons. The first-order chi connectivity index (χ1) is 8.84. The fourth-order valence-electron chi connectivity index (χ4n) is 2.22. The van der Waals surface area contributed by atoms with Crippen LogP contribution in [0.4, 0.5) is 4.79 Å². The molecule has 1 amide bonds. The average Bonchev–Trinajstić information content (AvgIpc) is 2.27. The minimum Gasteiger partial charge on any atom is -0.478 e. The van der Waals surface area contributed by atoms with E-state index in [0.29, 0.717) is 6.10 Å². The predicted molar refractivity (Wildman–Crippen MR) is 77.8 cm³/mol. The first-order valence-electron chi connectivity index (χ1n) is 6.74. The number of amides is 1. The van der Waals surface area contributed by atoms with Crippen LogP contribution in [0.25, 0.3) is 0 Å². The summed E-state index contributed by atoms with van der Waals surface area (Å²) < 4.78 is 5.51. The quantitative estimate of drug-likeness (QED) is 0.606. The van der Waals surface area contributed by atoms with Crippen molar-refractivity contribution in [2.45, 2.75) is 53.6 Å². The predicted octanol–water partition coefficient (Wildman–Crippen LogP) is 1.15. The van der Waals surface area contributed by atoms with Crippen LogP contribution in [-0.2, 0) is 4.74 Å².